The van der Waals surface area contributed by atoms with E-state index in [2.05, 4.69) is 15.6 Å². The van der Waals surface area contributed by atoms with Gasteiger partial charge in [-0.3, -0.25) is 4.98 Å². The molecule has 0 spiro atoms. The van der Waals surface area contributed by atoms with Crippen molar-refractivity contribution in [2.24, 2.45) is 5.92 Å². The Morgan fingerprint density at radius 3 is 2.43 bits per heavy atom. The van der Waals surface area contributed by atoms with Crippen LogP contribution in [0.5, 0.6) is 0 Å². The second-order valence-electron chi connectivity index (χ2n) is 7.03. The molecular weight excluding hydrogens is 297 g/mol. The number of hydrogen-bond donors (Lipinski definition) is 2. The summed E-state index contributed by atoms with van der Waals surface area (Å²) in [6.45, 7) is 12.1. The lowest BCUT2D eigenvalue weighted by Gasteiger charge is -2.27. The first-order chi connectivity index (χ1) is 10.6. The third kappa shape index (κ3) is 7.41. The van der Waals surface area contributed by atoms with E-state index < -0.39 is 11.7 Å². The van der Waals surface area contributed by atoms with Crippen LogP contribution in [0.25, 0.3) is 0 Å². The van der Waals surface area contributed by atoms with Gasteiger partial charge in [0.25, 0.3) is 0 Å². The Kier molecular flexibility index (Phi) is 6.94. The highest BCUT2D eigenvalue weighted by Crippen LogP contribution is 2.11. The number of carbonyl (C=O) groups is 1. The van der Waals surface area contributed by atoms with Gasteiger partial charge in [0, 0.05) is 18.6 Å². The Labute approximate surface area is 138 Å². The first kappa shape index (κ1) is 19.4. The highest BCUT2D eigenvalue weighted by Gasteiger charge is 2.22. The van der Waals surface area contributed by atoms with E-state index >= 15 is 0 Å². The Balaban J connectivity index is 2.56. The van der Waals surface area contributed by atoms with E-state index in [1.165, 1.54) is 12.3 Å². The average molecular weight is 325 g/mol. The third-order valence-electron chi connectivity index (χ3n) is 3.34. The molecule has 0 aromatic carbocycles. The molecule has 0 aliphatic heterocycles. The molecule has 130 valence electrons. The fourth-order valence-corrected chi connectivity index (χ4v) is 1.96. The van der Waals surface area contributed by atoms with Gasteiger partial charge in [-0.05, 0) is 45.7 Å². The molecule has 0 aliphatic rings. The van der Waals surface area contributed by atoms with Crippen LogP contribution in [0.2, 0.25) is 0 Å². The number of pyridine rings is 1. The van der Waals surface area contributed by atoms with E-state index in [0.717, 1.165) is 5.69 Å². The van der Waals surface area contributed by atoms with E-state index in [1.807, 2.05) is 41.5 Å². The molecule has 0 fully saturated rings. The molecule has 1 heterocycles. The fraction of sp³-hybridized carbons (Fsp3) is 0.647. The zero-order chi connectivity index (χ0) is 17.6. The summed E-state index contributed by atoms with van der Waals surface area (Å²) in [5, 5.41) is 6.20. The van der Waals surface area contributed by atoms with Crippen LogP contribution in [0.1, 0.15) is 53.3 Å². The zero-order valence-corrected chi connectivity index (χ0v) is 14.8. The first-order valence-corrected chi connectivity index (χ1v) is 7.93. The van der Waals surface area contributed by atoms with Crippen molar-refractivity contribution < 1.29 is 13.9 Å². The van der Waals surface area contributed by atoms with Gasteiger partial charge in [0.05, 0.1) is 11.9 Å². The number of nitrogens with zero attached hydrogens (tertiary/aromatic N) is 1. The van der Waals surface area contributed by atoms with Crippen molar-refractivity contribution in [2.75, 3.05) is 6.54 Å². The minimum Gasteiger partial charge on any atom is -0.444 e. The predicted octanol–water partition coefficient (Wildman–Crippen LogP) is 3.42. The summed E-state index contributed by atoms with van der Waals surface area (Å²) in [6.07, 6.45) is 0.775. The Bertz CT molecular complexity index is 498. The van der Waals surface area contributed by atoms with Gasteiger partial charge >= 0.3 is 6.09 Å². The maximum absolute atomic E-state index is 12.9. The monoisotopic (exact) mass is 325 g/mol. The molecule has 2 atom stereocenters. The Morgan fingerprint density at radius 2 is 1.96 bits per heavy atom. The van der Waals surface area contributed by atoms with Crippen LogP contribution >= 0.6 is 0 Å². The highest BCUT2D eigenvalue weighted by molar-refractivity contribution is 5.68. The number of amides is 1. The van der Waals surface area contributed by atoms with Crippen LogP contribution in [-0.4, -0.2) is 29.3 Å². The van der Waals surface area contributed by atoms with Crippen LogP contribution in [0.4, 0.5) is 9.18 Å². The van der Waals surface area contributed by atoms with Crippen LogP contribution in [0.3, 0.4) is 0 Å². The standard InChI is InChI=1S/C17H28FN3O2/c1-11(2)15(21-16(22)23-17(4,5)6)10-19-12(3)14-8-7-13(18)9-20-14/h7-9,11-12,15,19H,10H2,1-6H3,(H,21,22). The second kappa shape index (κ2) is 8.24. The Hall–Kier alpha value is -1.69. The van der Waals surface area contributed by atoms with Crippen LogP contribution in [0, 0.1) is 11.7 Å². The summed E-state index contributed by atoms with van der Waals surface area (Å²) in [6, 6.07) is 2.92. The number of aromatic nitrogens is 1. The van der Waals surface area contributed by atoms with E-state index in [9.17, 15) is 9.18 Å². The molecule has 0 saturated heterocycles. The molecule has 1 aromatic heterocycles. The third-order valence-corrected chi connectivity index (χ3v) is 3.34. The maximum atomic E-state index is 12.9. The molecule has 0 bridgehead atoms. The summed E-state index contributed by atoms with van der Waals surface area (Å²) in [4.78, 5) is 16.0. The van der Waals surface area contributed by atoms with Crippen LogP contribution < -0.4 is 10.6 Å². The van der Waals surface area contributed by atoms with E-state index in [0.29, 0.717) is 6.54 Å². The number of rotatable bonds is 6. The molecule has 1 amide bonds. The van der Waals surface area contributed by atoms with Gasteiger partial charge in [-0.1, -0.05) is 13.8 Å². The first-order valence-electron chi connectivity index (χ1n) is 7.93. The molecule has 5 nitrogen and oxygen atoms in total. The number of hydrogen-bond acceptors (Lipinski definition) is 4. The van der Waals surface area contributed by atoms with Crippen LogP contribution in [-0.2, 0) is 4.74 Å². The molecule has 23 heavy (non-hydrogen) atoms. The van der Waals surface area contributed by atoms with Gasteiger partial charge in [0.2, 0.25) is 0 Å². The van der Waals surface area contributed by atoms with Gasteiger partial charge in [-0.25, -0.2) is 9.18 Å². The highest BCUT2D eigenvalue weighted by atomic mass is 19.1. The van der Waals surface area contributed by atoms with Crippen molar-refractivity contribution in [1.29, 1.82) is 0 Å². The van der Waals surface area contributed by atoms with Gasteiger partial charge < -0.3 is 15.4 Å². The normalized spacial score (nSPS) is 14.4. The average Bonchev–Trinajstić information content (AvgIpc) is 2.41. The topological polar surface area (TPSA) is 63.2 Å². The number of carbonyl (C=O) groups excluding carboxylic acids is 1. The van der Waals surface area contributed by atoms with Crippen molar-refractivity contribution in [3.8, 4) is 0 Å². The van der Waals surface area contributed by atoms with E-state index in [4.69, 9.17) is 4.74 Å². The minimum absolute atomic E-state index is 0.0442. The zero-order valence-electron chi connectivity index (χ0n) is 14.8. The summed E-state index contributed by atoms with van der Waals surface area (Å²) >= 11 is 0. The molecule has 2 unspecified atom stereocenters. The van der Waals surface area contributed by atoms with Crippen molar-refractivity contribution in [1.82, 2.24) is 15.6 Å². The SMILES string of the molecule is CC(NCC(NC(=O)OC(C)(C)C)C(C)C)c1ccc(F)cn1. The molecule has 1 rings (SSSR count). The lowest BCUT2D eigenvalue weighted by molar-refractivity contribution is 0.0489. The molecule has 1 aromatic rings. The van der Waals surface area contributed by atoms with Gasteiger partial charge in [0.1, 0.15) is 11.4 Å². The summed E-state index contributed by atoms with van der Waals surface area (Å²) in [5.74, 6) is -0.115. The molecular formula is C17H28FN3O2. The minimum atomic E-state index is -0.523. The van der Waals surface area contributed by atoms with Crippen molar-refractivity contribution in [3.63, 3.8) is 0 Å². The number of alkyl carbamates (subject to hydrolysis) is 1. The number of halogens is 1. The predicted molar refractivity (Wildman–Crippen MR) is 88.6 cm³/mol. The van der Waals surface area contributed by atoms with Crippen molar-refractivity contribution in [3.05, 3.63) is 29.8 Å². The van der Waals surface area contributed by atoms with E-state index in [1.54, 1.807) is 6.07 Å². The fourth-order valence-electron chi connectivity index (χ4n) is 1.96. The molecule has 2 N–H and O–H groups in total. The molecule has 0 saturated carbocycles. The quantitative estimate of drug-likeness (QED) is 0.841. The van der Waals surface area contributed by atoms with Crippen LogP contribution in [0.15, 0.2) is 18.3 Å². The van der Waals surface area contributed by atoms with Crippen molar-refractivity contribution in [2.45, 2.75) is 59.2 Å². The largest absolute Gasteiger partial charge is 0.444 e. The lowest BCUT2D eigenvalue weighted by atomic mass is 10.0. The summed E-state index contributed by atoms with van der Waals surface area (Å²) in [7, 11) is 0. The maximum Gasteiger partial charge on any atom is 0.407 e. The Morgan fingerprint density at radius 1 is 1.30 bits per heavy atom. The van der Waals surface area contributed by atoms with Gasteiger partial charge in [0.15, 0.2) is 0 Å². The van der Waals surface area contributed by atoms with Gasteiger partial charge in [-0.2, -0.15) is 0 Å². The molecule has 0 radical (unpaired) electrons. The summed E-state index contributed by atoms with van der Waals surface area (Å²) < 4.78 is 18.2. The van der Waals surface area contributed by atoms with E-state index in [-0.39, 0.29) is 23.8 Å². The smallest absolute Gasteiger partial charge is 0.407 e. The number of nitrogens with one attached hydrogen (secondary N) is 2. The van der Waals surface area contributed by atoms with Gasteiger partial charge in [-0.15, -0.1) is 0 Å². The lowest BCUT2D eigenvalue weighted by Crippen LogP contribution is -2.47. The molecule has 0 aliphatic carbocycles. The molecule has 6 heteroatoms. The van der Waals surface area contributed by atoms with Crippen molar-refractivity contribution >= 4 is 6.09 Å². The number of ether oxygens (including phenoxy) is 1. The second-order valence-corrected chi connectivity index (χ2v) is 7.03. The summed E-state index contributed by atoms with van der Waals surface area (Å²) in [5.41, 5.74) is 0.232.